The van der Waals surface area contributed by atoms with Crippen molar-refractivity contribution in [3.63, 3.8) is 0 Å². The summed E-state index contributed by atoms with van der Waals surface area (Å²) in [5, 5.41) is 18.2. The SMILES string of the molecule is NCCNCCN.NCCNCCN.NCCNCCN.NCCNCCN.NCCNCCN.NCCNCCN.[Cl-].[Cl-].[Pr+3].[Pr+3].[SH-].[SH-].[SH-].[SH-].[S]1[Ge][S][Ge]1. The van der Waals surface area contributed by atoms with Gasteiger partial charge in [-0.25, -0.2) is 0 Å². The van der Waals surface area contributed by atoms with Gasteiger partial charge in [-0.1, -0.05) is 0 Å². The van der Waals surface area contributed by atoms with Gasteiger partial charge in [0, 0.05) is 157 Å². The first kappa shape index (κ1) is 98.5. The van der Waals surface area contributed by atoms with E-state index in [1.807, 2.05) is 0 Å². The summed E-state index contributed by atoms with van der Waals surface area (Å²) in [6, 6.07) is 0. The standard InChI is InChI=1S/6C4H13N3.2ClH.Ge2S2.2Pr.4H2S/c6*5-1-3-7-4-2-6;;;1-3-2-4-1;;;;;;/h6*7H,1-6H2;2*1H;;;;4*1H2/q;;;;;;;;;2*+3;;;;/p-6. The van der Waals surface area contributed by atoms with E-state index < -0.39 is 0 Å². The summed E-state index contributed by atoms with van der Waals surface area (Å²) in [6.07, 6.45) is 0. The topological polar surface area (TPSA) is 384 Å². The molecule has 0 atom stereocenters. The van der Waals surface area contributed by atoms with Crippen molar-refractivity contribution in [2.45, 2.75) is 0 Å². The van der Waals surface area contributed by atoms with Crippen LogP contribution in [0, 0.1) is 82.6 Å². The minimum absolute atomic E-state index is 0. The van der Waals surface area contributed by atoms with E-state index in [2.05, 4.69) is 48.7 Å². The summed E-state index contributed by atoms with van der Waals surface area (Å²) in [7, 11) is 4.50. The Morgan fingerprint density at radius 3 is 0.370 bits per heavy atom. The first-order valence-corrected chi connectivity index (χ1v) is 27.9. The van der Waals surface area contributed by atoms with Gasteiger partial charge in [0.15, 0.2) is 0 Å². The van der Waals surface area contributed by atoms with Crippen LogP contribution in [0.4, 0.5) is 0 Å². The zero-order valence-corrected chi connectivity index (χ0v) is 50.7. The number of thiol groups is 4. The molecule has 0 unspecified atom stereocenters. The van der Waals surface area contributed by atoms with Crippen LogP contribution in [0.3, 0.4) is 0 Å². The first-order valence-electron chi connectivity index (χ1n) is 16.0. The van der Waals surface area contributed by atoms with Crippen molar-refractivity contribution in [3.05, 3.63) is 0 Å². The summed E-state index contributed by atoms with van der Waals surface area (Å²) in [5.74, 6) is 0. The summed E-state index contributed by atoms with van der Waals surface area (Å²) < 4.78 is 0. The van der Waals surface area contributed by atoms with Gasteiger partial charge >= 0.3 is 126 Å². The molecule has 0 aliphatic carbocycles. The molecule has 0 bridgehead atoms. The van der Waals surface area contributed by atoms with Crippen LogP contribution in [0.5, 0.6) is 0 Å². The Kier molecular flexibility index (Phi) is 226. The molecule has 0 aromatic carbocycles. The molecule has 1 heterocycles. The molecule has 1 fully saturated rings. The number of hydrogen-bond acceptors (Lipinski definition) is 24. The number of hydrogen-bond donors (Lipinski definition) is 18. The summed E-state index contributed by atoms with van der Waals surface area (Å²) in [5.41, 5.74) is 62.0. The monoisotopic (exact) mass is 1310 g/mol. The molecule has 332 valence electrons. The average Bonchev–Trinajstić information content (AvgIpc) is 3.04. The number of halogens is 2. The Balaban J connectivity index is -0.0000000282. The maximum atomic E-state index is 5.17. The number of nitrogens with one attached hydrogen (secondary N) is 6. The molecule has 1 rings (SSSR count). The molecule has 0 amide bonds. The third-order valence-electron chi connectivity index (χ3n) is 4.02. The predicted molar refractivity (Wildman–Crippen MR) is 248 cm³/mol. The maximum absolute atomic E-state index is 5.17. The second-order valence-corrected chi connectivity index (χ2v) is 32.3. The van der Waals surface area contributed by atoms with Crippen LogP contribution in [0.1, 0.15) is 0 Å². The van der Waals surface area contributed by atoms with Gasteiger partial charge in [0.2, 0.25) is 0 Å². The van der Waals surface area contributed by atoms with Crippen molar-refractivity contribution >= 4 is 97.1 Å². The molecule has 30 N–H and O–H groups in total. The Morgan fingerprint density at radius 1 is 0.259 bits per heavy atom. The van der Waals surface area contributed by atoms with Gasteiger partial charge in [-0.2, -0.15) is 0 Å². The van der Waals surface area contributed by atoms with E-state index in [0.29, 0.717) is 105 Å². The van der Waals surface area contributed by atoms with Crippen molar-refractivity contribution < 1.29 is 107 Å². The minimum atomic E-state index is 0. The van der Waals surface area contributed by atoms with Crippen LogP contribution in [0.25, 0.3) is 0 Å². The van der Waals surface area contributed by atoms with Gasteiger partial charge in [-0.3, -0.25) is 0 Å². The molecule has 0 spiro atoms. The van der Waals surface area contributed by atoms with E-state index in [1.165, 1.54) is 0 Å². The summed E-state index contributed by atoms with van der Waals surface area (Å²) in [6.45, 7) is 18.8. The fourth-order valence-corrected chi connectivity index (χ4v) is 12.1. The van der Waals surface area contributed by atoms with E-state index >= 15 is 0 Å². The molecule has 0 aromatic heterocycles. The summed E-state index contributed by atoms with van der Waals surface area (Å²) in [4.78, 5) is 0. The van der Waals surface area contributed by atoms with Gasteiger partial charge in [-0.05, 0) is 0 Å². The van der Waals surface area contributed by atoms with Crippen molar-refractivity contribution in [2.24, 2.45) is 68.8 Å². The number of nitrogens with two attached hydrogens (primary N) is 12. The van der Waals surface area contributed by atoms with Crippen molar-refractivity contribution in [2.75, 3.05) is 157 Å². The van der Waals surface area contributed by atoms with Gasteiger partial charge in [-0.15, -0.1) is 0 Å². The molecular formula is C24H82Cl2Ge2N18Pr2S6. The third kappa shape index (κ3) is 163. The van der Waals surface area contributed by atoms with Gasteiger partial charge in [0.25, 0.3) is 0 Å². The van der Waals surface area contributed by atoms with Crippen LogP contribution < -0.4 is 126 Å². The fourth-order valence-electron chi connectivity index (χ4n) is 2.02. The van der Waals surface area contributed by atoms with E-state index in [-0.39, 0.29) is 161 Å². The normalized spacial score (nSPS) is 9.11. The zero-order chi connectivity index (χ0) is 36.0. The molecule has 0 aromatic rings. The zero-order valence-electron chi connectivity index (χ0n) is 32.4. The molecule has 18 nitrogen and oxygen atoms in total. The second kappa shape index (κ2) is 124. The molecule has 4 radical (unpaired) electrons. The van der Waals surface area contributed by atoms with Gasteiger partial charge in [0.05, 0.1) is 0 Å². The quantitative estimate of drug-likeness (QED) is 0.0185. The van der Waals surface area contributed by atoms with E-state index in [0.717, 1.165) is 78.5 Å². The van der Waals surface area contributed by atoms with Crippen LogP contribution in [0.15, 0.2) is 0 Å². The molecule has 1 aliphatic rings. The Morgan fingerprint density at radius 2 is 0.333 bits per heavy atom. The fraction of sp³-hybridized carbons (Fsp3) is 1.00. The first-order chi connectivity index (χ1) is 22.5. The molecule has 0 saturated carbocycles. The molecular weight excluding hydrogens is 1230 g/mol. The van der Waals surface area contributed by atoms with Gasteiger partial charge in [0.1, 0.15) is 0 Å². The Hall–Kier alpha value is 5.77. The molecule has 30 heteroatoms. The predicted octanol–water partition coefficient (Wildman–Crippen LogP) is -15.6. The van der Waals surface area contributed by atoms with Crippen LogP contribution >= 0.6 is 16.8 Å². The molecule has 1 saturated heterocycles. The van der Waals surface area contributed by atoms with Gasteiger partial charge < -0.3 is 180 Å². The Labute approximate surface area is 455 Å². The molecule has 1 aliphatic heterocycles. The van der Waals surface area contributed by atoms with Crippen molar-refractivity contribution in [3.8, 4) is 0 Å². The second-order valence-electron chi connectivity index (χ2n) is 8.33. The van der Waals surface area contributed by atoms with Crippen LogP contribution in [-0.2, 0) is 54.0 Å². The average molecular weight is 1310 g/mol. The van der Waals surface area contributed by atoms with Crippen LogP contribution in [0.2, 0.25) is 0 Å². The van der Waals surface area contributed by atoms with E-state index in [1.54, 1.807) is 0 Å². The van der Waals surface area contributed by atoms with E-state index in [9.17, 15) is 0 Å². The van der Waals surface area contributed by atoms with E-state index in [4.69, 9.17) is 68.8 Å². The summed E-state index contributed by atoms with van der Waals surface area (Å²) >= 11 is 1.17. The Bertz CT molecular complexity index is 341. The van der Waals surface area contributed by atoms with Crippen molar-refractivity contribution in [1.29, 1.82) is 0 Å². The molecule has 54 heavy (non-hydrogen) atoms. The number of rotatable bonds is 24. The third-order valence-corrected chi connectivity index (χ3v) is 44.4. The van der Waals surface area contributed by atoms with Crippen LogP contribution in [-0.4, -0.2) is 183 Å². The van der Waals surface area contributed by atoms with Crippen molar-refractivity contribution in [1.82, 2.24) is 31.9 Å².